The minimum Gasteiger partial charge on any atom is -0.368 e. The minimum atomic E-state index is -1.44. The van der Waals surface area contributed by atoms with Crippen LogP contribution in [0.4, 0.5) is 11.4 Å². The normalized spacial score (nSPS) is 18.6. The topological polar surface area (TPSA) is 147 Å². The molecular formula is C15H13N5O4. The fourth-order valence-electron chi connectivity index (χ4n) is 2.45. The Hall–Kier alpha value is -3.49. The standard InChI is InChI=1S/C15H13N5O4/c1-15(12(16)22)9-3-2-8(4-10(9)20-13(15)23)19-11(21)7-5-17-14(24)18-6-7/h2-6H,1H3,(H2,16,22)(H,19,21)(H,20,23)(H,17,18,24). The molecule has 0 bridgehead atoms. The number of carbonyl (C=O) groups is 3. The number of nitrogens with zero attached hydrogens (tertiary/aromatic N) is 1. The van der Waals surface area contributed by atoms with Crippen LogP contribution in [0.5, 0.6) is 0 Å². The summed E-state index contributed by atoms with van der Waals surface area (Å²) in [6.07, 6.45) is 2.39. The van der Waals surface area contributed by atoms with Crippen molar-refractivity contribution in [2.45, 2.75) is 12.3 Å². The molecule has 2 aromatic rings. The van der Waals surface area contributed by atoms with Gasteiger partial charge in [0, 0.05) is 29.3 Å². The van der Waals surface area contributed by atoms with Crippen molar-refractivity contribution >= 4 is 29.1 Å². The molecule has 0 radical (unpaired) electrons. The first-order valence-electron chi connectivity index (χ1n) is 6.94. The Balaban J connectivity index is 1.88. The number of aromatic amines is 1. The lowest BCUT2D eigenvalue weighted by atomic mass is 9.83. The summed E-state index contributed by atoms with van der Waals surface area (Å²) < 4.78 is 0. The second-order valence-electron chi connectivity index (χ2n) is 5.47. The van der Waals surface area contributed by atoms with E-state index in [-0.39, 0.29) is 5.56 Å². The molecule has 0 saturated heterocycles. The van der Waals surface area contributed by atoms with E-state index in [1.807, 2.05) is 0 Å². The monoisotopic (exact) mass is 327 g/mol. The molecule has 24 heavy (non-hydrogen) atoms. The molecule has 1 aromatic carbocycles. The molecule has 3 amide bonds. The number of aromatic nitrogens is 2. The molecule has 1 atom stereocenters. The van der Waals surface area contributed by atoms with Crippen LogP contribution in [0.15, 0.2) is 35.4 Å². The number of primary amides is 1. The molecule has 1 aromatic heterocycles. The highest BCUT2D eigenvalue weighted by atomic mass is 16.2. The number of nitrogens with two attached hydrogens (primary N) is 1. The maximum Gasteiger partial charge on any atom is 0.344 e. The quantitative estimate of drug-likeness (QED) is 0.572. The summed E-state index contributed by atoms with van der Waals surface area (Å²) >= 11 is 0. The number of hydrogen-bond donors (Lipinski definition) is 4. The molecule has 9 heteroatoms. The first kappa shape index (κ1) is 15.4. The van der Waals surface area contributed by atoms with Crippen LogP contribution in [0.1, 0.15) is 22.8 Å². The average molecular weight is 327 g/mol. The van der Waals surface area contributed by atoms with Gasteiger partial charge in [-0.25, -0.2) is 9.78 Å². The van der Waals surface area contributed by atoms with E-state index in [1.54, 1.807) is 12.1 Å². The molecule has 0 spiro atoms. The van der Waals surface area contributed by atoms with E-state index in [0.717, 1.165) is 6.20 Å². The van der Waals surface area contributed by atoms with Gasteiger partial charge in [0.25, 0.3) is 5.91 Å². The van der Waals surface area contributed by atoms with Gasteiger partial charge in [0.2, 0.25) is 11.8 Å². The molecule has 1 unspecified atom stereocenters. The van der Waals surface area contributed by atoms with Crippen molar-refractivity contribution < 1.29 is 14.4 Å². The number of benzene rings is 1. The van der Waals surface area contributed by atoms with Gasteiger partial charge in [0.15, 0.2) is 5.41 Å². The fraction of sp³-hybridized carbons (Fsp3) is 0.133. The molecule has 2 heterocycles. The van der Waals surface area contributed by atoms with Gasteiger partial charge in [0.05, 0.1) is 5.56 Å². The molecule has 3 rings (SSSR count). The van der Waals surface area contributed by atoms with Crippen LogP contribution in [-0.4, -0.2) is 27.7 Å². The van der Waals surface area contributed by atoms with Crippen LogP contribution in [0.25, 0.3) is 0 Å². The Morgan fingerprint density at radius 3 is 2.67 bits per heavy atom. The van der Waals surface area contributed by atoms with Crippen LogP contribution < -0.4 is 22.1 Å². The second kappa shape index (κ2) is 5.30. The third-order valence-corrected chi connectivity index (χ3v) is 3.95. The van der Waals surface area contributed by atoms with E-state index in [1.165, 1.54) is 19.2 Å². The number of amides is 3. The minimum absolute atomic E-state index is 0.168. The average Bonchev–Trinajstić information content (AvgIpc) is 2.79. The maximum atomic E-state index is 12.1. The molecule has 1 aliphatic heterocycles. The Kier molecular flexibility index (Phi) is 3.40. The molecule has 122 valence electrons. The van der Waals surface area contributed by atoms with E-state index in [4.69, 9.17) is 5.73 Å². The Morgan fingerprint density at radius 2 is 2.04 bits per heavy atom. The molecule has 9 nitrogen and oxygen atoms in total. The van der Waals surface area contributed by atoms with Crippen LogP contribution >= 0.6 is 0 Å². The predicted octanol–water partition coefficient (Wildman–Crippen LogP) is -0.283. The summed E-state index contributed by atoms with van der Waals surface area (Å²) in [5, 5.41) is 5.19. The summed E-state index contributed by atoms with van der Waals surface area (Å²) in [5.41, 5.74) is 4.76. The fourth-order valence-corrected chi connectivity index (χ4v) is 2.45. The number of carbonyl (C=O) groups excluding carboxylic acids is 3. The number of rotatable bonds is 3. The van der Waals surface area contributed by atoms with Crippen molar-refractivity contribution in [3.05, 3.63) is 52.2 Å². The summed E-state index contributed by atoms with van der Waals surface area (Å²) in [6, 6.07) is 4.63. The van der Waals surface area contributed by atoms with Crippen LogP contribution in [-0.2, 0) is 15.0 Å². The Labute approximate surface area is 135 Å². The Bertz CT molecular complexity index is 915. The van der Waals surface area contributed by atoms with Crippen molar-refractivity contribution in [1.82, 2.24) is 9.97 Å². The van der Waals surface area contributed by atoms with E-state index in [0.29, 0.717) is 16.9 Å². The largest absolute Gasteiger partial charge is 0.368 e. The lowest BCUT2D eigenvalue weighted by Gasteiger charge is -2.17. The highest BCUT2D eigenvalue weighted by molar-refractivity contribution is 6.20. The van der Waals surface area contributed by atoms with Gasteiger partial charge in [-0.2, -0.15) is 0 Å². The van der Waals surface area contributed by atoms with E-state index >= 15 is 0 Å². The number of nitrogens with one attached hydrogen (secondary N) is 3. The lowest BCUT2D eigenvalue weighted by Crippen LogP contribution is -2.44. The van der Waals surface area contributed by atoms with Crippen molar-refractivity contribution in [1.29, 1.82) is 0 Å². The SMILES string of the molecule is CC1(C(N)=O)C(=O)Nc2cc(NC(=O)c3cnc(=O)[nH]c3)ccc21. The van der Waals surface area contributed by atoms with Gasteiger partial charge < -0.3 is 21.4 Å². The second-order valence-corrected chi connectivity index (χ2v) is 5.47. The smallest absolute Gasteiger partial charge is 0.344 e. The predicted molar refractivity (Wildman–Crippen MR) is 84.4 cm³/mol. The summed E-state index contributed by atoms with van der Waals surface area (Å²) in [5.74, 6) is -1.76. The van der Waals surface area contributed by atoms with Gasteiger partial charge in [-0.15, -0.1) is 0 Å². The summed E-state index contributed by atoms with van der Waals surface area (Å²) in [7, 11) is 0. The first-order chi connectivity index (χ1) is 11.3. The van der Waals surface area contributed by atoms with Gasteiger partial charge >= 0.3 is 5.69 Å². The highest BCUT2D eigenvalue weighted by Crippen LogP contribution is 2.38. The van der Waals surface area contributed by atoms with E-state index in [2.05, 4.69) is 20.6 Å². The number of anilines is 2. The number of fused-ring (bicyclic) bond motifs is 1. The Morgan fingerprint density at radius 1 is 1.29 bits per heavy atom. The first-order valence-corrected chi connectivity index (χ1v) is 6.94. The molecule has 0 saturated carbocycles. The van der Waals surface area contributed by atoms with Crippen molar-refractivity contribution in [2.75, 3.05) is 10.6 Å². The van der Waals surface area contributed by atoms with Crippen molar-refractivity contribution in [3.63, 3.8) is 0 Å². The van der Waals surface area contributed by atoms with Crippen molar-refractivity contribution in [2.24, 2.45) is 5.73 Å². The van der Waals surface area contributed by atoms with Crippen LogP contribution in [0.2, 0.25) is 0 Å². The molecular weight excluding hydrogens is 314 g/mol. The zero-order valence-corrected chi connectivity index (χ0v) is 12.5. The van der Waals surface area contributed by atoms with Crippen molar-refractivity contribution in [3.8, 4) is 0 Å². The van der Waals surface area contributed by atoms with Gasteiger partial charge in [-0.3, -0.25) is 14.4 Å². The van der Waals surface area contributed by atoms with E-state index < -0.39 is 28.8 Å². The lowest BCUT2D eigenvalue weighted by molar-refractivity contribution is -0.131. The van der Waals surface area contributed by atoms with E-state index in [9.17, 15) is 19.2 Å². The zero-order valence-electron chi connectivity index (χ0n) is 12.5. The number of H-pyrrole nitrogens is 1. The van der Waals surface area contributed by atoms with Crippen LogP contribution in [0.3, 0.4) is 0 Å². The third-order valence-electron chi connectivity index (χ3n) is 3.95. The van der Waals surface area contributed by atoms with Gasteiger partial charge in [-0.05, 0) is 19.1 Å². The summed E-state index contributed by atoms with van der Waals surface area (Å²) in [4.78, 5) is 52.4. The zero-order chi connectivity index (χ0) is 17.5. The maximum absolute atomic E-state index is 12.1. The van der Waals surface area contributed by atoms with Gasteiger partial charge in [-0.1, -0.05) is 6.07 Å². The third kappa shape index (κ3) is 2.32. The summed E-state index contributed by atoms with van der Waals surface area (Å²) in [6.45, 7) is 1.45. The molecule has 1 aliphatic rings. The molecule has 5 N–H and O–H groups in total. The molecule has 0 fully saturated rings. The van der Waals surface area contributed by atoms with Gasteiger partial charge in [0.1, 0.15) is 0 Å². The van der Waals surface area contributed by atoms with Crippen LogP contribution in [0, 0.1) is 0 Å². The molecule has 0 aliphatic carbocycles. The highest BCUT2D eigenvalue weighted by Gasteiger charge is 2.47. The number of hydrogen-bond acceptors (Lipinski definition) is 5.